The summed E-state index contributed by atoms with van der Waals surface area (Å²) in [5, 5.41) is 8.70. The van der Waals surface area contributed by atoms with Crippen molar-refractivity contribution in [3.05, 3.63) is 28.2 Å². The lowest BCUT2D eigenvalue weighted by molar-refractivity contribution is 0.299. The molecule has 176 valence electrons. The summed E-state index contributed by atoms with van der Waals surface area (Å²) in [4.78, 5) is 12.1. The van der Waals surface area contributed by atoms with Crippen LogP contribution in [0.1, 0.15) is 122 Å². The Hall–Kier alpha value is -1.76. The molecule has 0 radical (unpaired) electrons. The fraction of sp³-hybridized carbons (Fsp3) is 0.778. The van der Waals surface area contributed by atoms with Crippen LogP contribution in [0.3, 0.4) is 0 Å². The molecule has 0 saturated heterocycles. The molecule has 0 aliphatic carbocycles. The lowest BCUT2D eigenvalue weighted by Crippen LogP contribution is -2.14. The highest BCUT2D eigenvalue weighted by Gasteiger charge is 2.05. The van der Waals surface area contributed by atoms with Crippen LogP contribution in [0.5, 0.6) is 5.75 Å². The average molecular weight is 431 g/mol. The summed E-state index contributed by atoms with van der Waals surface area (Å²) in [6.45, 7) is 2.88. The van der Waals surface area contributed by atoms with Crippen molar-refractivity contribution >= 4 is 0 Å². The quantitative estimate of drug-likeness (QED) is 0.201. The standard InChI is InChI=1S/C27H46N2O2/c1-3-4-5-6-7-8-9-10-11-12-13-14-15-16-17-18-22-31-27-24-29(2)25(20-19-21-28)23-26(27)30/h23-24H,3-20,22H2,1-2H3. The van der Waals surface area contributed by atoms with Crippen molar-refractivity contribution in [2.24, 2.45) is 7.05 Å². The summed E-state index contributed by atoms with van der Waals surface area (Å²) in [7, 11) is 1.90. The Morgan fingerprint density at radius 2 is 1.32 bits per heavy atom. The lowest BCUT2D eigenvalue weighted by Gasteiger charge is -2.11. The van der Waals surface area contributed by atoms with E-state index in [1.54, 1.807) is 12.3 Å². The zero-order valence-corrected chi connectivity index (χ0v) is 20.3. The Bertz CT molecular complexity index is 660. The van der Waals surface area contributed by atoms with Crippen molar-refractivity contribution in [1.82, 2.24) is 4.57 Å². The third-order valence-electron chi connectivity index (χ3n) is 6.05. The van der Waals surface area contributed by atoms with Gasteiger partial charge in [0.05, 0.1) is 12.7 Å². The summed E-state index contributed by atoms with van der Waals surface area (Å²) < 4.78 is 7.59. The molecule has 0 aliphatic heterocycles. The zero-order chi connectivity index (χ0) is 22.6. The summed E-state index contributed by atoms with van der Waals surface area (Å²) in [6.07, 6.45) is 24.4. The lowest BCUT2D eigenvalue weighted by atomic mass is 10.0. The van der Waals surface area contributed by atoms with E-state index < -0.39 is 0 Å². The molecular weight excluding hydrogens is 384 g/mol. The van der Waals surface area contributed by atoms with Gasteiger partial charge in [-0.05, 0) is 6.42 Å². The minimum atomic E-state index is -0.0810. The monoisotopic (exact) mass is 430 g/mol. The summed E-state index contributed by atoms with van der Waals surface area (Å²) in [5.41, 5.74) is 0.795. The van der Waals surface area contributed by atoms with E-state index in [-0.39, 0.29) is 5.43 Å². The second-order valence-corrected chi connectivity index (χ2v) is 8.91. The number of hydrogen-bond donors (Lipinski definition) is 0. The molecule has 0 saturated carbocycles. The summed E-state index contributed by atoms with van der Waals surface area (Å²) in [5.74, 6) is 0.421. The predicted molar refractivity (Wildman–Crippen MR) is 131 cm³/mol. The van der Waals surface area contributed by atoms with E-state index >= 15 is 0 Å². The molecule has 0 unspecified atom stereocenters. The fourth-order valence-electron chi connectivity index (χ4n) is 4.02. The molecule has 0 fully saturated rings. The molecular formula is C27H46N2O2. The van der Waals surface area contributed by atoms with Crippen molar-refractivity contribution in [2.45, 2.75) is 122 Å². The van der Waals surface area contributed by atoms with Crippen LogP contribution in [0.2, 0.25) is 0 Å². The van der Waals surface area contributed by atoms with Gasteiger partial charge >= 0.3 is 0 Å². The maximum absolute atomic E-state index is 12.1. The molecule has 0 N–H and O–H groups in total. The van der Waals surface area contributed by atoms with Gasteiger partial charge in [-0.1, -0.05) is 103 Å². The Kier molecular flexibility index (Phi) is 16.7. The van der Waals surface area contributed by atoms with Gasteiger partial charge in [0.15, 0.2) is 5.75 Å². The maximum Gasteiger partial charge on any atom is 0.223 e. The predicted octanol–water partition coefficient (Wildman–Crippen LogP) is 7.48. The second-order valence-electron chi connectivity index (χ2n) is 8.91. The van der Waals surface area contributed by atoms with Gasteiger partial charge in [-0.2, -0.15) is 5.26 Å². The summed E-state index contributed by atoms with van der Waals surface area (Å²) in [6, 6.07) is 3.72. The highest BCUT2D eigenvalue weighted by Crippen LogP contribution is 2.14. The number of rotatable bonds is 20. The van der Waals surface area contributed by atoms with Gasteiger partial charge in [0.1, 0.15) is 0 Å². The topological polar surface area (TPSA) is 55.0 Å². The van der Waals surface area contributed by atoms with E-state index in [4.69, 9.17) is 10.00 Å². The SMILES string of the molecule is CCCCCCCCCCCCCCCCCCOc1cn(C)c(CCC#N)cc1=O. The third-order valence-corrected chi connectivity index (χ3v) is 6.05. The normalized spacial score (nSPS) is 10.9. The molecule has 31 heavy (non-hydrogen) atoms. The van der Waals surface area contributed by atoms with E-state index in [1.807, 2.05) is 11.6 Å². The zero-order valence-electron chi connectivity index (χ0n) is 20.3. The first kappa shape index (κ1) is 27.3. The molecule has 1 aromatic heterocycles. The van der Waals surface area contributed by atoms with E-state index in [9.17, 15) is 4.79 Å². The van der Waals surface area contributed by atoms with Gasteiger partial charge < -0.3 is 9.30 Å². The van der Waals surface area contributed by atoms with Crippen molar-refractivity contribution in [3.8, 4) is 11.8 Å². The van der Waals surface area contributed by atoms with E-state index in [0.717, 1.165) is 12.1 Å². The molecule has 0 aromatic carbocycles. The van der Waals surface area contributed by atoms with Gasteiger partial charge in [-0.15, -0.1) is 0 Å². The van der Waals surface area contributed by atoms with E-state index in [0.29, 0.717) is 25.2 Å². The molecule has 1 aromatic rings. The number of pyridine rings is 1. The van der Waals surface area contributed by atoms with Gasteiger partial charge in [-0.3, -0.25) is 4.79 Å². The van der Waals surface area contributed by atoms with Crippen LogP contribution in [0, 0.1) is 11.3 Å². The van der Waals surface area contributed by atoms with E-state index in [2.05, 4.69) is 13.0 Å². The molecule has 4 nitrogen and oxygen atoms in total. The molecule has 0 bridgehead atoms. The van der Waals surface area contributed by atoms with Gasteiger partial charge in [0, 0.05) is 37.8 Å². The Morgan fingerprint density at radius 3 is 1.81 bits per heavy atom. The Morgan fingerprint density at radius 1 is 0.839 bits per heavy atom. The van der Waals surface area contributed by atoms with Crippen LogP contribution in [0.4, 0.5) is 0 Å². The van der Waals surface area contributed by atoms with Crippen LogP contribution in [-0.2, 0) is 13.5 Å². The van der Waals surface area contributed by atoms with Crippen LogP contribution in [0.15, 0.2) is 17.1 Å². The van der Waals surface area contributed by atoms with E-state index in [1.165, 1.54) is 96.3 Å². The molecule has 4 heteroatoms. The minimum absolute atomic E-state index is 0.0810. The highest BCUT2D eigenvalue weighted by molar-refractivity contribution is 5.22. The Balaban J connectivity index is 1.93. The van der Waals surface area contributed by atoms with Crippen LogP contribution >= 0.6 is 0 Å². The Labute approximate surface area is 191 Å². The van der Waals surface area contributed by atoms with Gasteiger partial charge in [-0.25, -0.2) is 0 Å². The molecule has 1 heterocycles. The van der Waals surface area contributed by atoms with Crippen LogP contribution < -0.4 is 10.2 Å². The molecule has 0 spiro atoms. The second kappa shape index (κ2) is 19.0. The van der Waals surface area contributed by atoms with Gasteiger partial charge in [0.2, 0.25) is 5.43 Å². The van der Waals surface area contributed by atoms with Crippen molar-refractivity contribution in [1.29, 1.82) is 5.26 Å². The van der Waals surface area contributed by atoms with Crippen molar-refractivity contribution < 1.29 is 4.74 Å². The first-order chi connectivity index (χ1) is 15.2. The fourth-order valence-corrected chi connectivity index (χ4v) is 4.02. The maximum atomic E-state index is 12.1. The molecule has 0 amide bonds. The van der Waals surface area contributed by atoms with Crippen molar-refractivity contribution in [3.63, 3.8) is 0 Å². The number of aryl methyl sites for hydroxylation is 2. The highest BCUT2D eigenvalue weighted by atomic mass is 16.5. The van der Waals surface area contributed by atoms with Crippen LogP contribution in [-0.4, -0.2) is 11.2 Å². The number of ether oxygens (including phenoxy) is 1. The number of unbranched alkanes of at least 4 members (excludes halogenated alkanes) is 15. The minimum Gasteiger partial charge on any atom is -0.488 e. The smallest absolute Gasteiger partial charge is 0.223 e. The molecule has 0 aliphatic rings. The number of aromatic nitrogens is 1. The number of nitrogens with zero attached hydrogens (tertiary/aromatic N) is 2. The average Bonchev–Trinajstić information content (AvgIpc) is 2.76. The summed E-state index contributed by atoms with van der Waals surface area (Å²) >= 11 is 0. The third kappa shape index (κ3) is 14.0. The first-order valence-corrected chi connectivity index (χ1v) is 12.9. The molecule has 1 rings (SSSR count). The van der Waals surface area contributed by atoms with Crippen molar-refractivity contribution in [2.75, 3.05) is 6.61 Å². The molecule has 0 atom stereocenters. The first-order valence-electron chi connectivity index (χ1n) is 12.9. The largest absolute Gasteiger partial charge is 0.488 e. The number of hydrogen-bond acceptors (Lipinski definition) is 3. The van der Waals surface area contributed by atoms with Gasteiger partial charge in [0.25, 0.3) is 0 Å². The van der Waals surface area contributed by atoms with Crippen LogP contribution in [0.25, 0.3) is 0 Å². The number of nitriles is 1.